The second kappa shape index (κ2) is 9.93. The lowest BCUT2D eigenvalue weighted by molar-refractivity contribution is -0.137. The Kier molecular flexibility index (Phi) is 7.29. The van der Waals surface area contributed by atoms with Crippen molar-refractivity contribution in [3.63, 3.8) is 0 Å². The lowest BCUT2D eigenvalue weighted by atomic mass is 10.1. The number of nitrogens with one attached hydrogen (secondary N) is 2. The number of rotatable bonds is 6. The number of nitrogens with zero attached hydrogens (tertiary/aromatic N) is 2. The lowest BCUT2D eigenvalue weighted by Gasteiger charge is -2.40. The van der Waals surface area contributed by atoms with Crippen LogP contribution in [-0.2, 0) is 22.3 Å². The van der Waals surface area contributed by atoms with Crippen molar-refractivity contribution in [3.8, 4) is 0 Å². The summed E-state index contributed by atoms with van der Waals surface area (Å²) in [5.41, 5.74) is -0.0776. The van der Waals surface area contributed by atoms with Gasteiger partial charge in [-0.1, -0.05) is 42.5 Å². The number of hydrogen-bond acceptors (Lipinski definition) is 4. The normalized spacial score (nSPS) is 17.9. The molecule has 0 saturated carbocycles. The SMILES string of the molecule is CNC(=O)C1CN(Cc2ccccc2)CCN1CC(=O)Nc1ccccc1C(F)(F)F. The topological polar surface area (TPSA) is 64.7 Å². The summed E-state index contributed by atoms with van der Waals surface area (Å²) in [7, 11) is 1.52. The number of amides is 2. The first-order valence-corrected chi connectivity index (χ1v) is 9.96. The molecule has 3 rings (SSSR count). The van der Waals surface area contributed by atoms with Crippen LogP contribution < -0.4 is 10.6 Å². The number of halogens is 3. The fraction of sp³-hybridized carbons (Fsp3) is 0.364. The largest absolute Gasteiger partial charge is 0.418 e. The van der Waals surface area contributed by atoms with Gasteiger partial charge in [0.2, 0.25) is 11.8 Å². The molecule has 0 bridgehead atoms. The molecule has 2 N–H and O–H groups in total. The highest BCUT2D eigenvalue weighted by atomic mass is 19.4. The Hall–Kier alpha value is -2.91. The third kappa shape index (κ3) is 6.05. The molecular weight excluding hydrogens is 409 g/mol. The summed E-state index contributed by atoms with van der Waals surface area (Å²) in [5.74, 6) is -0.830. The van der Waals surface area contributed by atoms with Crippen molar-refractivity contribution in [2.75, 3.05) is 38.5 Å². The summed E-state index contributed by atoms with van der Waals surface area (Å²) in [5, 5.41) is 4.96. The summed E-state index contributed by atoms with van der Waals surface area (Å²) in [6.45, 7) is 1.99. The van der Waals surface area contributed by atoms with Crippen LogP contribution in [0.15, 0.2) is 54.6 Å². The molecule has 0 radical (unpaired) electrons. The number of likely N-dealkylation sites (N-methyl/N-ethyl adjacent to an activating group) is 1. The second-order valence-corrected chi connectivity index (χ2v) is 7.41. The molecule has 9 heteroatoms. The van der Waals surface area contributed by atoms with E-state index in [9.17, 15) is 22.8 Å². The molecule has 1 aliphatic rings. The van der Waals surface area contributed by atoms with Crippen molar-refractivity contribution in [2.24, 2.45) is 0 Å². The number of para-hydroxylation sites is 1. The summed E-state index contributed by atoms with van der Waals surface area (Å²) in [6.07, 6.45) is -4.57. The average Bonchev–Trinajstić information content (AvgIpc) is 2.74. The highest BCUT2D eigenvalue weighted by Gasteiger charge is 2.35. The molecule has 0 spiro atoms. The Labute approximate surface area is 179 Å². The van der Waals surface area contributed by atoms with Gasteiger partial charge in [0.1, 0.15) is 6.04 Å². The number of alkyl halides is 3. The van der Waals surface area contributed by atoms with Gasteiger partial charge in [0.25, 0.3) is 0 Å². The summed E-state index contributed by atoms with van der Waals surface area (Å²) in [4.78, 5) is 28.8. The Morgan fingerprint density at radius 3 is 2.39 bits per heavy atom. The van der Waals surface area contributed by atoms with Gasteiger partial charge in [-0.25, -0.2) is 0 Å². The average molecular weight is 434 g/mol. The minimum atomic E-state index is -4.57. The first kappa shape index (κ1) is 22.8. The van der Waals surface area contributed by atoms with Crippen LogP contribution in [0.25, 0.3) is 0 Å². The Bertz CT molecular complexity index is 905. The van der Waals surface area contributed by atoms with E-state index in [1.54, 1.807) is 4.90 Å². The summed E-state index contributed by atoms with van der Waals surface area (Å²) in [6, 6.07) is 14.1. The van der Waals surface area contributed by atoms with E-state index < -0.39 is 23.7 Å². The maximum absolute atomic E-state index is 13.2. The van der Waals surface area contributed by atoms with Crippen LogP contribution in [0.5, 0.6) is 0 Å². The van der Waals surface area contributed by atoms with Crippen LogP contribution in [0.1, 0.15) is 11.1 Å². The molecule has 1 unspecified atom stereocenters. The van der Waals surface area contributed by atoms with Gasteiger partial charge in [-0.05, 0) is 17.7 Å². The first-order valence-electron chi connectivity index (χ1n) is 9.96. The number of carbonyl (C=O) groups excluding carboxylic acids is 2. The van der Waals surface area contributed by atoms with Gasteiger partial charge in [0.05, 0.1) is 17.8 Å². The van der Waals surface area contributed by atoms with E-state index in [-0.39, 0.29) is 18.1 Å². The Morgan fingerprint density at radius 2 is 1.71 bits per heavy atom. The van der Waals surface area contributed by atoms with Gasteiger partial charge in [0.15, 0.2) is 0 Å². The van der Waals surface area contributed by atoms with Gasteiger partial charge < -0.3 is 10.6 Å². The molecule has 31 heavy (non-hydrogen) atoms. The zero-order valence-corrected chi connectivity index (χ0v) is 17.2. The molecule has 1 fully saturated rings. The number of anilines is 1. The molecule has 1 aliphatic heterocycles. The van der Waals surface area contributed by atoms with Gasteiger partial charge >= 0.3 is 6.18 Å². The number of piperazine rings is 1. The maximum atomic E-state index is 13.2. The van der Waals surface area contributed by atoms with Crippen molar-refractivity contribution in [2.45, 2.75) is 18.8 Å². The van der Waals surface area contributed by atoms with Crippen LogP contribution in [0.2, 0.25) is 0 Å². The molecule has 0 aromatic heterocycles. The molecular formula is C22H25F3N4O2. The van der Waals surface area contributed by atoms with E-state index in [1.165, 1.54) is 25.2 Å². The minimum Gasteiger partial charge on any atom is -0.358 e. The molecule has 6 nitrogen and oxygen atoms in total. The van der Waals surface area contributed by atoms with Gasteiger partial charge in [-0.15, -0.1) is 0 Å². The molecule has 0 aliphatic carbocycles. The quantitative estimate of drug-likeness (QED) is 0.734. The third-order valence-electron chi connectivity index (χ3n) is 5.23. The zero-order chi connectivity index (χ0) is 22.4. The van der Waals surface area contributed by atoms with Crippen LogP contribution in [0.3, 0.4) is 0 Å². The minimum absolute atomic E-state index is 0.177. The fourth-order valence-electron chi connectivity index (χ4n) is 3.68. The molecule has 1 atom stereocenters. The third-order valence-corrected chi connectivity index (χ3v) is 5.23. The standard InChI is InChI=1S/C22H25F3N4O2/c1-26-21(31)19-14-28(13-16-7-3-2-4-8-16)11-12-29(19)15-20(30)27-18-10-6-5-9-17(18)22(23,24)25/h2-10,19H,11-15H2,1H3,(H,26,31)(H,27,30). The Balaban J connectivity index is 1.66. The molecule has 1 heterocycles. The second-order valence-electron chi connectivity index (χ2n) is 7.41. The van der Waals surface area contributed by atoms with Crippen molar-refractivity contribution >= 4 is 17.5 Å². The Morgan fingerprint density at radius 1 is 1.03 bits per heavy atom. The van der Waals surface area contributed by atoms with Gasteiger partial charge in [0, 0.05) is 33.2 Å². The van der Waals surface area contributed by atoms with E-state index in [2.05, 4.69) is 15.5 Å². The summed E-state index contributed by atoms with van der Waals surface area (Å²) >= 11 is 0. The lowest BCUT2D eigenvalue weighted by Crippen LogP contribution is -2.59. The highest BCUT2D eigenvalue weighted by molar-refractivity contribution is 5.93. The smallest absolute Gasteiger partial charge is 0.358 e. The van der Waals surface area contributed by atoms with Gasteiger partial charge in [-0.3, -0.25) is 19.4 Å². The predicted octanol–water partition coefficient (Wildman–Crippen LogP) is 2.58. The number of benzene rings is 2. The zero-order valence-electron chi connectivity index (χ0n) is 17.2. The number of carbonyl (C=O) groups is 2. The molecule has 2 aromatic rings. The van der Waals surface area contributed by atoms with E-state index in [4.69, 9.17) is 0 Å². The van der Waals surface area contributed by atoms with Crippen molar-refractivity contribution < 1.29 is 22.8 Å². The van der Waals surface area contributed by atoms with Crippen molar-refractivity contribution in [3.05, 3.63) is 65.7 Å². The maximum Gasteiger partial charge on any atom is 0.418 e. The predicted molar refractivity (Wildman–Crippen MR) is 111 cm³/mol. The van der Waals surface area contributed by atoms with Gasteiger partial charge in [-0.2, -0.15) is 13.2 Å². The summed E-state index contributed by atoms with van der Waals surface area (Å²) < 4.78 is 39.5. The molecule has 2 amide bonds. The van der Waals surface area contributed by atoms with E-state index >= 15 is 0 Å². The van der Waals surface area contributed by atoms with E-state index in [1.807, 2.05) is 30.3 Å². The molecule has 2 aromatic carbocycles. The van der Waals surface area contributed by atoms with E-state index in [0.717, 1.165) is 11.6 Å². The van der Waals surface area contributed by atoms with E-state index in [0.29, 0.717) is 26.2 Å². The highest BCUT2D eigenvalue weighted by Crippen LogP contribution is 2.34. The molecule has 1 saturated heterocycles. The van der Waals surface area contributed by atoms with Crippen LogP contribution in [0.4, 0.5) is 18.9 Å². The fourth-order valence-corrected chi connectivity index (χ4v) is 3.68. The molecule has 166 valence electrons. The van der Waals surface area contributed by atoms with Crippen molar-refractivity contribution in [1.82, 2.24) is 15.1 Å². The van der Waals surface area contributed by atoms with Crippen LogP contribution in [0, 0.1) is 0 Å². The van der Waals surface area contributed by atoms with Crippen LogP contribution in [-0.4, -0.2) is 60.9 Å². The number of hydrogen-bond donors (Lipinski definition) is 2. The first-order chi connectivity index (χ1) is 14.8. The van der Waals surface area contributed by atoms with Crippen LogP contribution >= 0.6 is 0 Å². The van der Waals surface area contributed by atoms with Crippen molar-refractivity contribution in [1.29, 1.82) is 0 Å². The monoisotopic (exact) mass is 434 g/mol.